The quantitative estimate of drug-likeness (QED) is 0.586. The molecule has 1 unspecified atom stereocenters. The van der Waals surface area contributed by atoms with E-state index in [1.807, 2.05) is 11.0 Å². The number of rotatable bonds is 10. The second-order valence-electron chi connectivity index (χ2n) is 7.79. The lowest BCUT2D eigenvalue weighted by molar-refractivity contribution is -0.118. The topological polar surface area (TPSA) is 86.3 Å². The van der Waals surface area contributed by atoms with E-state index in [4.69, 9.17) is 18.9 Å². The highest BCUT2D eigenvalue weighted by Crippen LogP contribution is 2.29. The number of hydrogen-bond acceptors (Lipinski definition) is 6. The second-order valence-corrected chi connectivity index (χ2v) is 7.79. The molecule has 1 aliphatic rings. The van der Waals surface area contributed by atoms with Crippen LogP contribution in [0.15, 0.2) is 42.5 Å². The number of piperidine rings is 1. The maximum atomic E-state index is 13.0. The predicted octanol–water partition coefficient (Wildman–Crippen LogP) is 3.75. The third kappa shape index (κ3) is 6.61. The fraction of sp³-hybridized carbons (Fsp3) is 0.440. The fourth-order valence-electron chi connectivity index (χ4n) is 3.72. The van der Waals surface area contributed by atoms with Crippen molar-refractivity contribution < 1.29 is 28.5 Å². The molecular weight excluding hydrogens is 424 g/mol. The lowest BCUT2D eigenvalue weighted by Gasteiger charge is -2.32. The molecule has 0 spiro atoms. The Morgan fingerprint density at radius 2 is 1.85 bits per heavy atom. The Morgan fingerprint density at radius 1 is 1.06 bits per heavy atom. The summed E-state index contributed by atoms with van der Waals surface area (Å²) < 4.78 is 22.1. The van der Waals surface area contributed by atoms with Gasteiger partial charge >= 0.3 is 0 Å². The van der Waals surface area contributed by atoms with E-state index < -0.39 is 0 Å². The highest BCUT2D eigenvalue weighted by atomic mass is 16.5. The molecule has 3 rings (SSSR count). The van der Waals surface area contributed by atoms with Crippen molar-refractivity contribution in [2.45, 2.75) is 32.3 Å². The number of ether oxygens (including phenoxy) is 4. The van der Waals surface area contributed by atoms with E-state index in [-0.39, 0.29) is 24.5 Å². The van der Waals surface area contributed by atoms with Crippen LogP contribution in [0.25, 0.3) is 0 Å². The largest absolute Gasteiger partial charge is 0.495 e. The Labute approximate surface area is 194 Å². The van der Waals surface area contributed by atoms with Crippen LogP contribution >= 0.6 is 0 Å². The lowest BCUT2D eigenvalue weighted by Crippen LogP contribution is -2.43. The van der Waals surface area contributed by atoms with Gasteiger partial charge in [-0.15, -0.1) is 0 Å². The summed E-state index contributed by atoms with van der Waals surface area (Å²) >= 11 is 0. The zero-order chi connectivity index (χ0) is 23.6. The van der Waals surface area contributed by atoms with Crippen molar-refractivity contribution >= 4 is 17.5 Å². The van der Waals surface area contributed by atoms with Crippen LogP contribution < -0.4 is 19.5 Å². The number of anilines is 1. The van der Waals surface area contributed by atoms with Crippen molar-refractivity contribution in [3.05, 3.63) is 48.0 Å². The number of methoxy groups -OCH3 is 2. The first-order chi connectivity index (χ1) is 16.0. The molecule has 0 saturated carbocycles. The monoisotopic (exact) mass is 456 g/mol. The van der Waals surface area contributed by atoms with Crippen LogP contribution in [-0.4, -0.2) is 63.3 Å². The van der Waals surface area contributed by atoms with E-state index in [1.165, 1.54) is 14.2 Å². The zero-order valence-corrected chi connectivity index (χ0v) is 19.5. The summed E-state index contributed by atoms with van der Waals surface area (Å²) in [6.45, 7) is 3.85. The maximum Gasteiger partial charge on any atom is 0.262 e. The SMILES string of the molecule is CCCOC1CCCN(C(=O)c2ccc(OCC(=O)Nc3ccccc3OC)c(OC)c2)C1. The van der Waals surface area contributed by atoms with Crippen molar-refractivity contribution in [3.8, 4) is 17.2 Å². The smallest absolute Gasteiger partial charge is 0.262 e. The minimum Gasteiger partial charge on any atom is -0.495 e. The van der Waals surface area contributed by atoms with Gasteiger partial charge in [-0.05, 0) is 49.6 Å². The average Bonchev–Trinajstić information content (AvgIpc) is 2.86. The van der Waals surface area contributed by atoms with Crippen molar-refractivity contribution in [1.29, 1.82) is 0 Å². The summed E-state index contributed by atoms with van der Waals surface area (Å²) in [4.78, 5) is 27.2. The first-order valence-electron chi connectivity index (χ1n) is 11.2. The van der Waals surface area contributed by atoms with Gasteiger partial charge in [0.1, 0.15) is 5.75 Å². The molecule has 8 nitrogen and oxygen atoms in total. The molecular formula is C25H32N2O6. The summed E-state index contributed by atoms with van der Waals surface area (Å²) in [5.74, 6) is 0.923. The maximum absolute atomic E-state index is 13.0. The number of nitrogens with one attached hydrogen (secondary N) is 1. The minimum absolute atomic E-state index is 0.0708. The van der Waals surface area contributed by atoms with Crippen molar-refractivity contribution in [2.24, 2.45) is 0 Å². The van der Waals surface area contributed by atoms with Gasteiger partial charge < -0.3 is 29.2 Å². The van der Waals surface area contributed by atoms with Crippen LogP contribution in [-0.2, 0) is 9.53 Å². The number of para-hydroxylation sites is 2. The van der Waals surface area contributed by atoms with Gasteiger partial charge in [0.25, 0.3) is 11.8 Å². The van der Waals surface area contributed by atoms with E-state index in [9.17, 15) is 9.59 Å². The van der Waals surface area contributed by atoms with E-state index in [1.54, 1.807) is 36.4 Å². The summed E-state index contributed by atoms with van der Waals surface area (Å²) in [7, 11) is 3.04. The van der Waals surface area contributed by atoms with Gasteiger partial charge in [-0.25, -0.2) is 0 Å². The minimum atomic E-state index is -0.340. The van der Waals surface area contributed by atoms with Crippen molar-refractivity contribution in [1.82, 2.24) is 4.90 Å². The molecule has 2 aromatic carbocycles. The summed E-state index contributed by atoms with van der Waals surface area (Å²) in [6, 6.07) is 12.1. The molecule has 0 bridgehead atoms. The summed E-state index contributed by atoms with van der Waals surface area (Å²) in [5, 5.41) is 2.76. The number of carbonyl (C=O) groups is 2. The van der Waals surface area contributed by atoms with Gasteiger partial charge in [0, 0.05) is 25.3 Å². The van der Waals surface area contributed by atoms with Gasteiger partial charge in [0.05, 0.1) is 26.0 Å². The van der Waals surface area contributed by atoms with Gasteiger partial charge in [0.15, 0.2) is 18.1 Å². The van der Waals surface area contributed by atoms with Gasteiger partial charge in [0.2, 0.25) is 0 Å². The van der Waals surface area contributed by atoms with Gasteiger partial charge in [-0.2, -0.15) is 0 Å². The molecule has 2 amide bonds. The molecule has 1 N–H and O–H groups in total. The second kappa shape index (κ2) is 12.1. The third-order valence-corrected chi connectivity index (χ3v) is 5.37. The predicted molar refractivity (Wildman–Crippen MR) is 125 cm³/mol. The lowest BCUT2D eigenvalue weighted by atomic mass is 10.1. The third-order valence-electron chi connectivity index (χ3n) is 5.37. The molecule has 1 heterocycles. The van der Waals surface area contributed by atoms with E-state index in [0.717, 1.165) is 19.3 Å². The van der Waals surface area contributed by atoms with Crippen molar-refractivity contribution in [2.75, 3.05) is 45.8 Å². The molecule has 178 valence electrons. The van der Waals surface area contributed by atoms with Crippen molar-refractivity contribution in [3.63, 3.8) is 0 Å². The molecule has 0 radical (unpaired) electrons. The molecule has 1 aliphatic heterocycles. The summed E-state index contributed by atoms with van der Waals surface area (Å²) in [6.07, 6.45) is 2.92. The number of nitrogens with zero attached hydrogens (tertiary/aromatic N) is 1. The number of carbonyl (C=O) groups excluding carboxylic acids is 2. The normalized spacial score (nSPS) is 15.6. The molecule has 2 aromatic rings. The number of hydrogen-bond donors (Lipinski definition) is 1. The first-order valence-corrected chi connectivity index (χ1v) is 11.2. The molecule has 1 fully saturated rings. The van der Waals surface area contributed by atoms with Gasteiger partial charge in [-0.3, -0.25) is 9.59 Å². The van der Waals surface area contributed by atoms with Crippen LogP contribution in [0.5, 0.6) is 17.2 Å². The van der Waals surface area contributed by atoms with Crippen LogP contribution in [0.2, 0.25) is 0 Å². The first kappa shape index (κ1) is 24.4. The average molecular weight is 457 g/mol. The Bertz CT molecular complexity index is 948. The Kier molecular flexibility index (Phi) is 8.95. The van der Waals surface area contributed by atoms with E-state index in [0.29, 0.717) is 48.2 Å². The van der Waals surface area contributed by atoms with Crippen LogP contribution in [0.3, 0.4) is 0 Å². The molecule has 0 aliphatic carbocycles. The fourth-order valence-corrected chi connectivity index (χ4v) is 3.72. The Hall–Kier alpha value is -3.26. The zero-order valence-electron chi connectivity index (χ0n) is 19.5. The summed E-state index contributed by atoms with van der Waals surface area (Å²) in [5.41, 5.74) is 1.07. The van der Waals surface area contributed by atoms with Crippen LogP contribution in [0, 0.1) is 0 Å². The Balaban J connectivity index is 1.61. The molecule has 1 saturated heterocycles. The van der Waals surface area contributed by atoms with E-state index in [2.05, 4.69) is 12.2 Å². The highest BCUT2D eigenvalue weighted by molar-refractivity contribution is 5.95. The standard InChI is InChI=1S/C25H32N2O6/c1-4-14-32-19-8-7-13-27(16-19)25(29)18-11-12-22(23(15-18)31-3)33-17-24(28)26-20-9-5-6-10-21(20)30-2/h5-6,9-12,15,19H,4,7-8,13-14,16-17H2,1-3H3,(H,26,28). The molecule has 1 atom stereocenters. The highest BCUT2D eigenvalue weighted by Gasteiger charge is 2.25. The molecule has 8 heteroatoms. The van der Waals surface area contributed by atoms with E-state index >= 15 is 0 Å². The Morgan fingerprint density at radius 3 is 2.61 bits per heavy atom. The number of amides is 2. The molecule has 0 aromatic heterocycles. The number of likely N-dealkylation sites (tertiary alicyclic amines) is 1. The van der Waals surface area contributed by atoms with Crippen LogP contribution in [0.4, 0.5) is 5.69 Å². The number of benzene rings is 2. The van der Waals surface area contributed by atoms with Crippen LogP contribution in [0.1, 0.15) is 36.5 Å². The molecule has 33 heavy (non-hydrogen) atoms. The van der Waals surface area contributed by atoms with Gasteiger partial charge in [-0.1, -0.05) is 19.1 Å².